The van der Waals surface area contributed by atoms with E-state index >= 15 is 0 Å². The molecule has 7 heteroatoms. The number of aromatic nitrogens is 2. The Morgan fingerprint density at radius 2 is 1.97 bits per heavy atom. The van der Waals surface area contributed by atoms with E-state index in [0.29, 0.717) is 16.9 Å². The van der Waals surface area contributed by atoms with Gasteiger partial charge in [0, 0.05) is 11.1 Å². The topological polar surface area (TPSA) is 99.6 Å². The van der Waals surface area contributed by atoms with E-state index in [4.69, 9.17) is 4.74 Å². The zero-order valence-corrected chi connectivity index (χ0v) is 15.6. The van der Waals surface area contributed by atoms with Crippen LogP contribution in [0.3, 0.4) is 0 Å². The third kappa shape index (κ3) is 3.93. The summed E-state index contributed by atoms with van der Waals surface area (Å²) in [6, 6.07) is 19.8. The largest absolute Gasteiger partial charge is 0.504 e. The first-order chi connectivity index (χ1) is 14.1. The Bertz CT molecular complexity index is 1200. The average molecular weight is 386 g/mol. The molecule has 4 rings (SSSR count). The Hall–Kier alpha value is -4.13. The van der Waals surface area contributed by atoms with E-state index in [9.17, 15) is 9.90 Å². The summed E-state index contributed by atoms with van der Waals surface area (Å²) >= 11 is 0. The second-order valence-corrected chi connectivity index (χ2v) is 6.31. The number of benzene rings is 3. The summed E-state index contributed by atoms with van der Waals surface area (Å²) in [5.74, 6) is 0.776. The van der Waals surface area contributed by atoms with Crippen LogP contribution in [-0.4, -0.2) is 34.3 Å². The minimum Gasteiger partial charge on any atom is -0.504 e. The molecule has 0 aliphatic carbocycles. The molecule has 0 saturated heterocycles. The van der Waals surface area contributed by atoms with Crippen molar-refractivity contribution in [2.75, 3.05) is 7.11 Å². The van der Waals surface area contributed by atoms with E-state index in [2.05, 4.69) is 20.5 Å². The zero-order valence-electron chi connectivity index (χ0n) is 15.6. The summed E-state index contributed by atoms with van der Waals surface area (Å²) in [7, 11) is 1.46. The number of H-pyrrole nitrogens is 1. The smallest absolute Gasteiger partial charge is 0.271 e. The van der Waals surface area contributed by atoms with Crippen LogP contribution >= 0.6 is 0 Å². The van der Waals surface area contributed by atoms with Gasteiger partial charge in [-0.15, -0.1) is 0 Å². The molecule has 0 bridgehead atoms. The summed E-state index contributed by atoms with van der Waals surface area (Å²) in [5.41, 5.74) is 6.15. The summed E-state index contributed by atoms with van der Waals surface area (Å²) in [5, 5.41) is 13.6. The van der Waals surface area contributed by atoms with Crippen LogP contribution in [0.25, 0.3) is 22.4 Å². The van der Waals surface area contributed by atoms with Crippen molar-refractivity contribution in [3.8, 4) is 22.9 Å². The molecule has 0 aliphatic rings. The van der Waals surface area contributed by atoms with Gasteiger partial charge in [-0.05, 0) is 42.0 Å². The number of ether oxygens (including phenoxy) is 1. The first-order valence-electron chi connectivity index (χ1n) is 8.89. The highest BCUT2D eigenvalue weighted by molar-refractivity contribution is 5.98. The van der Waals surface area contributed by atoms with Gasteiger partial charge in [0.2, 0.25) is 0 Å². The highest BCUT2D eigenvalue weighted by Crippen LogP contribution is 2.25. The number of phenolic OH excluding ortho intramolecular Hbond substituents is 1. The summed E-state index contributed by atoms with van der Waals surface area (Å²) in [4.78, 5) is 20.2. The number of hydrogen-bond acceptors (Lipinski definition) is 5. The third-order valence-corrected chi connectivity index (χ3v) is 4.37. The molecule has 4 aromatic rings. The number of hydrogen-bond donors (Lipinski definition) is 3. The Balaban J connectivity index is 1.50. The van der Waals surface area contributed by atoms with Crippen molar-refractivity contribution in [3.63, 3.8) is 0 Å². The molecule has 0 radical (unpaired) electrons. The lowest BCUT2D eigenvalue weighted by Crippen LogP contribution is -2.17. The molecule has 0 saturated carbocycles. The summed E-state index contributed by atoms with van der Waals surface area (Å²) in [6.45, 7) is 0. The van der Waals surface area contributed by atoms with E-state index in [0.717, 1.165) is 22.4 Å². The molecule has 1 amide bonds. The van der Waals surface area contributed by atoms with Crippen LogP contribution in [0.1, 0.15) is 15.9 Å². The standard InChI is InChI=1S/C22H18N4O3/c1-29-20-11-14(7-10-19(20)27)13-23-26-22(28)16-8-9-17-18(12-16)25-21(24-17)15-5-3-2-4-6-15/h2-13,27H,1H3,(H,24,25)(H,26,28)/b23-13+. The molecule has 144 valence electrons. The quantitative estimate of drug-likeness (QED) is 0.360. The van der Waals surface area contributed by atoms with Gasteiger partial charge < -0.3 is 14.8 Å². The normalized spacial score (nSPS) is 11.1. The van der Waals surface area contributed by atoms with Gasteiger partial charge in [0.15, 0.2) is 11.5 Å². The van der Waals surface area contributed by atoms with Crippen molar-refractivity contribution in [1.82, 2.24) is 15.4 Å². The Morgan fingerprint density at radius 3 is 2.76 bits per heavy atom. The van der Waals surface area contributed by atoms with Crippen molar-refractivity contribution < 1.29 is 14.6 Å². The Morgan fingerprint density at radius 1 is 1.14 bits per heavy atom. The van der Waals surface area contributed by atoms with Crippen molar-refractivity contribution >= 4 is 23.2 Å². The predicted octanol–water partition coefficient (Wildman–Crippen LogP) is 3.71. The fraction of sp³-hybridized carbons (Fsp3) is 0.0455. The van der Waals surface area contributed by atoms with Crippen molar-refractivity contribution in [2.24, 2.45) is 5.10 Å². The van der Waals surface area contributed by atoms with Crippen LogP contribution in [0.4, 0.5) is 0 Å². The monoisotopic (exact) mass is 386 g/mol. The van der Waals surface area contributed by atoms with Gasteiger partial charge >= 0.3 is 0 Å². The number of carbonyl (C=O) groups is 1. The van der Waals surface area contributed by atoms with Crippen LogP contribution < -0.4 is 10.2 Å². The van der Waals surface area contributed by atoms with Crippen molar-refractivity contribution in [3.05, 3.63) is 77.9 Å². The number of fused-ring (bicyclic) bond motifs is 1. The number of hydrazone groups is 1. The first kappa shape index (κ1) is 18.2. The molecule has 0 fully saturated rings. The molecule has 29 heavy (non-hydrogen) atoms. The number of aromatic hydroxyl groups is 1. The lowest BCUT2D eigenvalue weighted by atomic mass is 10.2. The molecule has 0 aliphatic heterocycles. The van der Waals surface area contributed by atoms with Crippen LogP contribution in [0.15, 0.2) is 71.8 Å². The first-order valence-corrected chi connectivity index (χ1v) is 8.89. The van der Waals surface area contributed by atoms with E-state index in [1.165, 1.54) is 19.4 Å². The number of methoxy groups -OCH3 is 1. The maximum absolute atomic E-state index is 12.4. The molecule has 0 unspecified atom stereocenters. The molecule has 1 aromatic heterocycles. The minimum absolute atomic E-state index is 0.0383. The maximum Gasteiger partial charge on any atom is 0.271 e. The van der Waals surface area contributed by atoms with Crippen molar-refractivity contribution in [2.45, 2.75) is 0 Å². The summed E-state index contributed by atoms with van der Waals surface area (Å²) < 4.78 is 5.05. The zero-order chi connectivity index (χ0) is 20.2. The van der Waals surface area contributed by atoms with Crippen LogP contribution in [0.2, 0.25) is 0 Å². The third-order valence-electron chi connectivity index (χ3n) is 4.37. The van der Waals surface area contributed by atoms with Crippen LogP contribution in [0.5, 0.6) is 11.5 Å². The number of nitrogens with one attached hydrogen (secondary N) is 2. The lowest BCUT2D eigenvalue weighted by Gasteiger charge is -2.03. The maximum atomic E-state index is 12.4. The molecule has 1 heterocycles. The fourth-order valence-corrected chi connectivity index (χ4v) is 2.89. The van der Waals surface area contributed by atoms with E-state index in [-0.39, 0.29) is 11.7 Å². The second-order valence-electron chi connectivity index (χ2n) is 6.31. The van der Waals surface area contributed by atoms with Crippen LogP contribution in [-0.2, 0) is 0 Å². The molecule has 3 N–H and O–H groups in total. The molecule has 7 nitrogen and oxygen atoms in total. The predicted molar refractivity (Wildman–Crippen MR) is 111 cm³/mol. The Labute approximate surface area is 166 Å². The number of rotatable bonds is 5. The highest BCUT2D eigenvalue weighted by Gasteiger charge is 2.09. The van der Waals surface area contributed by atoms with Gasteiger partial charge in [-0.1, -0.05) is 30.3 Å². The molecule has 0 spiro atoms. The van der Waals surface area contributed by atoms with Gasteiger partial charge in [-0.3, -0.25) is 4.79 Å². The van der Waals surface area contributed by atoms with Gasteiger partial charge in [-0.25, -0.2) is 10.4 Å². The second kappa shape index (κ2) is 7.85. The van der Waals surface area contributed by atoms with Gasteiger partial charge in [-0.2, -0.15) is 5.10 Å². The number of imidazole rings is 1. The lowest BCUT2D eigenvalue weighted by molar-refractivity contribution is 0.0955. The molecule has 0 atom stereocenters. The van der Waals surface area contributed by atoms with E-state index in [1.807, 2.05) is 30.3 Å². The number of amides is 1. The van der Waals surface area contributed by atoms with E-state index in [1.54, 1.807) is 30.3 Å². The molecular weight excluding hydrogens is 368 g/mol. The minimum atomic E-state index is -0.343. The fourth-order valence-electron chi connectivity index (χ4n) is 2.89. The molecule has 3 aromatic carbocycles. The van der Waals surface area contributed by atoms with E-state index < -0.39 is 0 Å². The SMILES string of the molecule is COc1cc(/C=N/NC(=O)c2ccc3nc(-c4ccccc4)[nH]c3c2)ccc1O. The van der Waals surface area contributed by atoms with Crippen molar-refractivity contribution in [1.29, 1.82) is 0 Å². The number of phenols is 1. The summed E-state index contributed by atoms with van der Waals surface area (Å²) in [6.07, 6.45) is 1.47. The molecular formula is C22H18N4O3. The number of aromatic amines is 1. The van der Waals surface area contributed by atoms with Gasteiger partial charge in [0.25, 0.3) is 5.91 Å². The average Bonchev–Trinajstić information content (AvgIpc) is 3.19. The van der Waals surface area contributed by atoms with Crippen LogP contribution in [0, 0.1) is 0 Å². The highest BCUT2D eigenvalue weighted by atomic mass is 16.5. The van der Waals surface area contributed by atoms with Gasteiger partial charge in [0.05, 0.1) is 24.4 Å². The number of carbonyl (C=O) groups excluding carboxylic acids is 1. The number of nitrogens with zero attached hydrogens (tertiary/aromatic N) is 2. The Kier molecular flexibility index (Phi) is 4.94. The van der Waals surface area contributed by atoms with Gasteiger partial charge in [0.1, 0.15) is 5.82 Å².